The number of benzene rings is 1. The molecule has 2 saturated carbocycles. The SMILES string of the molecule is COc1ccc(C2CCC(F)(F)CC2)c(OC2(C(=O)NS(=O)(=O)c3cccc(N4CCC[C@H](CO)C4)n3)CC2)c1. The van der Waals surface area contributed by atoms with E-state index in [4.69, 9.17) is 9.47 Å². The molecular weight excluding hydrogens is 544 g/mol. The van der Waals surface area contributed by atoms with Crippen LogP contribution in [0.3, 0.4) is 0 Å². The van der Waals surface area contributed by atoms with Crippen LogP contribution in [0.5, 0.6) is 11.5 Å². The number of halogens is 2. The Morgan fingerprint density at radius 1 is 1.15 bits per heavy atom. The Kier molecular flexibility index (Phi) is 7.93. The molecule has 1 amide bonds. The number of rotatable bonds is 9. The maximum atomic E-state index is 13.8. The van der Waals surface area contributed by atoms with E-state index in [9.17, 15) is 27.1 Å². The second-order valence-electron chi connectivity index (χ2n) is 11.0. The maximum absolute atomic E-state index is 13.8. The summed E-state index contributed by atoms with van der Waals surface area (Å²) in [6.45, 7) is 1.31. The summed E-state index contributed by atoms with van der Waals surface area (Å²) < 4.78 is 67.6. The number of aliphatic hydroxyl groups excluding tert-OH is 1. The number of pyridine rings is 1. The summed E-state index contributed by atoms with van der Waals surface area (Å²) in [7, 11) is -2.82. The lowest BCUT2D eigenvalue weighted by molar-refractivity contribution is -0.128. The van der Waals surface area contributed by atoms with Crippen LogP contribution in [0, 0.1) is 5.92 Å². The van der Waals surface area contributed by atoms with Gasteiger partial charge in [-0.15, -0.1) is 0 Å². The Morgan fingerprint density at radius 3 is 2.58 bits per heavy atom. The van der Waals surface area contributed by atoms with Crippen molar-refractivity contribution in [3.63, 3.8) is 0 Å². The first kappa shape index (κ1) is 28.5. The normalized spacial score (nSPS) is 22.4. The van der Waals surface area contributed by atoms with Crippen LogP contribution in [-0.2, 0) is 14.8 Å². The fourth-order valence-corrected chi connectivity index (χ4v) is 6.54. The number of nitrogens with zero attached hydrogens (tertiary/aromatic N) is 2. The third-order valence-electron chi connectivity index (χ3n) is 8.11. The first-order valence-corrected chi connectivity index (χ1v) is 15.2. The molecule has 0 bridgehead atoms. The molecule has 12 heteroatoms. The highest BCUT2D eigenvalue weighted by atomic mass is 32.2. The molecule has 1 atom stereocenters. The second-order valence-corrected chi connectivity index (χ2v) is 12.7. The number of aromatic nitrogens is 1. The van der Waals surface area contributed by atoms with Crippen molar-refractivity contribution in [3.05, 3.63) is 42.0 Å². The van der Waals surface area contributed by atoms with Crippen molar-refractivity contribution in [2.75, 3.05) is 31.7 Å². The number of anilines is 1. The summed E-state index contributed by atoms with van der Waals surface area (Å²) in [4.78, 5) is 19.5. The van der Waals surface area contributed by atoms with Crippen LogP contribution in [0.15, 0.2) is 41.4 Å². The average Bonchev–Trinajstić information content (AvgIpc) is 3.74. The first-order valence-electron chi connectivity index (χ1n) is 13.7. The highest BCUT2D eigenvalue weighted by Crippen LogP contribution is 2.47. The summed E-state index contributed by atoms with van der Waals surface area (Å²) in [5, 5.41) is 9.24. The third-order valence-corrected chi connectivity index (χ3v) is 9.35. The molecule has 2 aliphatic carbocycles. The van der Waals surface area contributed by atoms with Gasteiger partial charge in [-0.1, -0.05) is 12.1 Å². The van der Waals surface area contributed by atoms with Crippen molar-refractivity contribution >= 4 is 21.7 Å². The van der Waals surface area contributed by atoms with Crippen molar-refractivity contribution in [1.82, 2.24) is 9.71 Å². The van der Waals surface area contributed by atoms with Gasteiger partial charge in [0.15, 0.2) is 10.6 Å². The Balaban J connectivity index is 1.32. The van der Waals surface area contributed by atoms with Gasteiger partial charge >= 0.3 is 0 Å². The number of nitrogens with one attached hydrogen (secondary N) is 1. The zero-order valence-corrected chi connectivity index (χ0v) is 23.3. The number of aliphatic hydroxyl groups is 1. The molecule has 2 aromatic rings. The van der Waals surface area contributed by atoms with Gasteiger partial charge < -0.3 is 19.5 Å². The smallest absolute Gasteiger partial charge is 0.281 e. The Bertz CT molecular complexity index is 1340. The predicted octanol–water partition coefficient (Wildman–Crippen LogP) is 4.01. The molecule has 0 unspecified atom stereocenters. The Labute approximate surface area is 232 Å². The standard InChI is InChI=1S/C28H35F2N3O6S/c1-38-21-7-8-22(20-9-11-28(29,30)12-10-20)23(16-21)39-27(13-14-27)26(35)32-40(36,37)25-6-2-5-24(31-25)33-15-3-4-19(17-33)18-34/h2,5-8,16,19-20,34H,3-4,9-15,17-18H2,1H3,(H,32,35)/t19-/m0/s1. The van der Waals surface area contributed by atoms with Crippen LogP contribution >= 0.6 is 0 Å². The highest BCUT2D eigenvalue weighted by molar-refractivity contribution is 7.90. The monoisotopic (exact) mass is 579 g/mol. The van der Waals surface area contributed by atoms with Gasteiger partial charge in [-0.3, -0.25) is 4.79 Å². The fourth-order valence-electron chi connectivity index (χ4n) is 5.54. The number of hydrogen-bond donors (Lipinski definition) is 2. The molecule has 1 aromatic carbocycles. The summed E-state index contributed by atoms with van der Waals surface area (Å²) in [6.07, 6.45) is 2.47. The molecule has 1 aromatic heterocycles. The van der Waals surface area contributed by atoms with Crippen molar-refractivity contribution < 1.29 is 36.6 Å². The lowest BCUT2D eigenvalue weighted by Crippen LogP contribution is -2.44. The highest BCUT2D eigenvalue weighted by Gasteiger charge is 2.55. The molecule has 1 aliphatic heterocycles. The maximum Gasteiger partial charge on any atom is 0.281 e. The average molecular weight is 580 g/mol. The minimum Gasteiger partial charge on any atom is -0.497 e. The van der Waals surface area contributed by atoms with Gasteiger partial charge in [0, 0.05) is 51.4 Å². The number of sulfonamides is 1. The molecule has 2 heterocycles. The summed E-state index contributed by atoms with van der Waals surface area (Å²) >= 11 is 0. The number of methoxy groups -OCH3 is 1. The number of piperidine rings is 1. The topological polar surface area (TPSA) is 118 Å². The van der Waals surface area contributed by atoms with Crippen LogP contribution in [-0.4, -0.2) is 62.7 Å². The minimum atomic E-state index is -4.31. The van der Waals surface area contributed by atoms with Gasteiger partial charge in [0.05, 0.1) is 7.11 Å². The molecule has 40 heavy (non-hydrogen) atoms. The Hall–Kier alpha value is -2.99. The van der Waals surface area contributed by atoms with E-state index < -0.39 is 27.5 Å². The van der Waals surface area contributed by atoms with E-state index in [0.717, 1.165) is 12.8 Å². The van der Waals surface area contributed by atoms with E-state index in [1.54, 1.807) is 30.3 Å². The zero-order valence-electron chi connectivity index (χ0n) is 22.4. The molecule has 3 fully saturated rings. The first-order chi connectivity index (χ1) is 19.0. The van der Waals surface area contributed by atoms with E-state index in [1.807, 2.05) is 4.90 Å². The summed E-state index contributed by atoms with van der Waals surface area (Å²) in [5.74, 6) is -2.29. The van der Waals surface area contributed by atoms with Gasteiger partial charge in [-0.25, -0.2) is 18.5 Å². The van der Waals surface area contributed by atoms with Gasteiger partial charge in [0.25, 0.3) is 15.9 Å². The molecule has 1 saturated heterocycles. The minimum absolute atomic E-state index is 0.0505. The van der Waals surface area contributed by atoms with Crippen LogP contribution in [0.4, 0.5) is 14.6 Å². The molecule has 2 N–H and O–H groups in total. The molecule has 0 radical (unpaired) electrons. The fraction of sp³-hybridized carbons (Fsp3) is 0.571. The van der Waals surface area contributed by atoms with Gasteiger partial charge in [-0.2, -0.15) is 8.42 Å². The molecule has 0 spiro atoms. The van der Waals surface area contributed by atoms with Gasteiger partial charge in [0.1, 0.15) is 17.3 Å². The van der Waals surface area contributed by atoms with Crippen LogP contribution in [0.25, 0.3) is 0 Å². The van der Waals surface area contributed by atoms with E-state index in [1.165, 1.54) is 13.2 Å². The molecular formula is C28H35F2N3O6S. The van der Waals surface area contributed by atoms with E-state index in [-0.39, 0.29) is 49.2 Å². The number of alkyl halides is 2. The molecule has 5 rings (SSSR count). The van der Waals surface area contributed by atoms with E-state index >= 15 is 0 Å². The van der Waals surface area contributed by atoms with Gasteiger partial charge in [-0.05, 0) is 61.3 Å². The molecule has 9 nitrogen and oxygen atoms in total. The van der Waals surface area contributed by atoms with Crippen LogP contribution in [0.2, 0.25) is 0 Å². The second kappa shape index (κ2) is 11.1. The van der Waals surface area contributed by atoms with Gasteiger partial charge in [0.2, 0.25) is 5.92 Å². The van der Waals surface area contributed by atoms with E-state index in [0.29, 0.717) is 48.8 Å². The molecule has 218 valence electrons. The van der Waals surface area contributed by atoms with Crippen LogP contribution < -0.4 is 19.1 Å². The van der Waals surface area contributed by atoms with Crippen molar-refractivity contribution in [2.24, 2.45) is 5.92 Å². The lowest BCUT2D eigenvalue weighted by Gasteiger charge is -2.32. The number of hydrogen-bond acceptors (Lipinski definition) is 8. The number of carbonyl (C=O) groups excluding carboxylic acids is 1. The Morgan fingerprint density at radius 2 is 1.90 bits per heavy atom. The zero-order chi connectivity index (χ0) is 28.5. The number of ether oxygens (including phenoxy) is 2. The van der Waals surface area contributed by atoms with Crippen molar-refractivity contribution in [1.29, 1.82) is 0 Å². The quantitative estimate of drug-likeness (QED) is 0.458. The van der Waals surface area contributed by atoms with Crippen LogP contribution in [0.1, 0.15) is 62.8 Å². The van der Waals surface area contributed by atoms with Crippen molar-refractivity contribution in [2.45, 2.75) is 73.8 Å². The van der Waals surface area contributed by atoms with Crippen molar-refractivity contribution in [3.8, 4) is 11.5 Å². The molecule has 3 aliphatic rings. The third kappa shape index (κ3) is 6.17. The largest absolute Gasteiger partial charge is 0.497 e. The lowest BCUT2D eigenvalue weighted by atomic mass is 9.82. The number of amides is 1. The summed E-state index contributed by atoms with van der Waals surface area (Å²) in [5.41, 5.74) is -0.693. The number of carbonyl (C=O) groups is 1. The predicted molar refractivity (Wildman–Crippen MR) is 143 cm³/mol. The van der Waals surface area contributed by atoms with E-state index in [2.05, 4.69) is 9.71 Å². The summed E-state index contributed by atoms with van der Waals surface area (Å²) in [6, 6.07) is 9.72.